The molecule has 0 aliphatic heterocycles. The maximum atomic E-state index is 12.8. The topological polar surface area (TPSA) is 65.7 Å². The molecule has 0 radical (unpaired) electrons. The molecule has 0 unspecified atom stereocenters. The van der Waals surface area contributed by atoms with Gasteiger partial charge in [0.25, 0.3) is 5.56 Å². The second-order valence-corrected chi connectivity index (χ2v) is 8.80. The van der Waals surface area contributed by atoms with Gasteiger partial charge in [0.2, 0.25) is 4.96 Å². The van der Waals surface area contributed by atoms with Crippen LogP contribution >= 0.6 is 11.3 Å². The minimum atomic E-state index is -0.184. The number of nitrogens with zero attached hydrogens (tertiary/aromatic N) is 3. The first-order chi connectivity index (χ1) is 16.1. The van der Waals surface area contributed by atoms with Gasteiger partial charge >= 0.3 is 0 Å². The zero-order valence-corrected chi connectivity index (χ0v) is 19.9. The summed E-state index contributed by atoms with van der Waals surface area (Å²) in [6.07, 6.45) is 8.88. The first-order valence-corrected chi connectivity index (χ1v) is 11.9. The molecule has 33 heavy (non-hydrogen) atoms. The summed E-state index contributed by atoms with van der Waals surface area (Å²) in [7, 11) is 1.62. The number of ether oxygens (including phenoxy) is 2. The fourth-order valence-electron chi connectivity index (χ4n) is 3.35. The van der Waals surface area contributed by atoms with E-state index in [1.807, 2.05) is 48.6 Å². The van der Waals surface area contributed by atoms with Gasteiger partial charge in [-0.3, -0.25) is 4.79 Å². The summed E-state index contributed by atoms with van der Waals surface area (Å²) in [5.74, 6) is 1.87. The number of rotatable bonds is 9. The van der Waals surface area contributed by atoms with E-state index in [0.717, 1.165) is 30.4 Å². The van der Waals surface area contributed by atoms with Crippen LogP contribution in [0.15, 0.2) is 47.3 Å². The Hall–Kier alpha value is -3.45. The summed E-state index contributed by atoms with van der Waals surface area (Å²) in [5.41, 5.74) is 2.94. The average molecular weight is 462 g/mol. The van der Waals surface area contributed by atoms with E-state index in [1.165, 1.54) is 21.4 Å². The van der Waals surface area contributed by atoms with Crippen molar-refractivity contribution in [2.45, 2.75) is 33.1 Å². The molecule has 0 saturated heterocycles. The monoisotopic (exact) mass is 461 g/mol. The van der Waals surface area contributed by atoms with Gasteiger partial charge in [-0.05, 0) is 48.8 Å². The van der Waals surface area contributed by atoms with Crippen molar-refractivity contribution < 1.29 is 9.47 Å². The minimum absolute atomic E-state index is 0.184. The molecule has 0 atom stereocenters. The Bertz CT molecular complexity index is 1370. The van der Waals surface area contributed by atoms with Crippen molar-refractivity contribution in [1.29, 1.82) is 0 Å². The molecule has 2 aromatic heterocycles. The molecule has 0 aliphatic carbocycles. The van der Waals surface area contributed by atoms with Crippen LogP contribution in [0.3, 0.4) is 0 Å². The molecule has 2 aromatic carbocycles. The molecular weight excluding hydrogens is 434 g/mol. The van der Waals surface area contributed by atoms with Gasteiger partial charge in [0.05, 0.1) is 18.2 Å². The Morgan fingerprint density at radius 1 is 1.03 bits per heavy atom. The fourth-order valence-corrected chi connectivity index (χ4v) is 4.26. The fraction of sp³-hybridized carbons (Fsp3) is 0.269. The van der Waals surface area contributed by atoms with Crippen LogP contribution in [0.4, 0.5) is 0 Å². The highest BCUT2D eigenvalue weighted by molar-refractivity contribution is 7.15. The normalized spacial score (nSPS) is 12.2. The molecular formula is C26H27N3O3S. The highest BCUT2D eigenvalue weighted by atomic mass is 32.1. The number of fused-ring (bicyclic) bond motifs is 1. The van der Waals surface area contributed by atoms with Gasteiger partial charge in [0.1, 0.15) is 0 Å². The van der Waals surface area contributed by atoms with Gasteiger partial charge in [-0.1, -0.05) is 73.1 Å². The molecule has 0 N–H and O–H groups in total. The lowest BCUT2D eigenvalue weighted by Gasteiger charge is -2.11. The van der Waals surface area contributed by atoms with Crippen LogP contribution in [-0.2, 0) is 0 Å². The SMILES string of the molecule is CCCCCOc1ccc(/C=c2\sc3nc(/C=C/c4ccc(C)cc4)nn3c2=O)cc1OC. The van der Waals surface area contributed by atoms with Crippen molar-refractivity contribution in [2.24, 2.45) is 0 Å². The van der Waals surface area contributed by atoms with Gasteiger partial charge in [0, 0.05) is 0 Å². The van der Waals surface area contributed by atoms with Crippen LogP contribution in [0.25, 0.3) is 23.2 Å². The predicted molar refractivity (Wildman–Crippen MR) is 134 cm³/mol. The van der Waals surface area contributed by atoms with E-state index in [2.05, 4.69) is 36.1 Å². The second-order valence-electron chi connectivity index (χ2n) is 7.79. The number of thiazole rings is 1. The Labute approximate surface area is 196 Å². The molecule has 0 saturated carbocycles. The molecule has 2 heterocycles. The third kappa shape index (κ3) is 5.49. The van der Waals surface area contributed by atoms with Gasteiger partial charge in [-0.2, -0.15) is 9.50 Å². The number of hydrogen-bond donors (Lipinski definition) is 0. The first-order valence-electron chi connectivity index (χ1n) is 11.0. The van der Waals surface area contributed by atoms with Crippen LogP contribution in [-0.4, -0.2) is 28.3 Å². The number of benzene rings is 2. The average Bonchev–Trinajstić information content (AvgIpc) is 3.35. The molecule has 6 nitrogen and oxygen atoms in total. The highest BCUT2D eigenvalue weighted by Crippen LogP contribution is 2.28. The van der Waals surface area contributed by atoms with Gasteiger partial charge in [0.15, 0.2) is 17.3 Å². The number of aryl methyl sites for hydroxylation is 1. The summed E-state index contributed by atoms with van der Waals surface area (Å²) in [6.45, 7) is 4.87. The quantitative estimate of drug-likeness (QED) is 0.337. The number of methoxy groups -OCH3 is 1. The van der Waals surface area contributed by atoms with E-state index in [4.69, 9.17) is 9.47 Å². The molecule has 4 aromatic rings. The van der Waals surface area contributed by atoms with Crippen LogP contribution in [0.1, 0.15) is 48.7 Å². The summed E-state index contributed by atoms with van der Waals surface area (Å²) < 4.78 is 13.2. The Morgan fingerprint density at radius 3 is 2.55 bits per heavy atom. The van der Waals surface area contributed by atoms with Crippen molar-refractivity contribution in [3.63, 3.8) is 0 Å². The molecule has 0 amide bonds. The van der Waals surface area contributed by atoms with Crippen LogP contribution in [0, 0.1) is 6.92 Å². The van der Waals surface area contributed by atoms with Crippen LogP contribution in [0.2, 0.25) is 0 Å². The lowest BCUT2D eigenvalue weighted by molar-refractivity contribution is 0.286. The van der Waals surface area contributed by atoms with Crippen molar-refractivity contribution in [3.8, 4) is 11.5 Å². The molecule has 0 spiro atoms. The summed E-state index contributed by atoms with van der Waals surface area (Å²) in [4.78, 5) is 17.9. The Kier molecular flexibility index (Phi) is 7.19. The zero-order chi connectivity index (χ0) is 23.2. The maximum absolute atomic E-state index is 12.8. The highest BCUT2D eigenvalue weighted by Gasteiger charge is 2.10. The van der Waals surface area contributed by atoms with E-state index in [0.29, 0.717) is 33.4 Å². The van der Waals surface area contributed by atoms with Crippen molar-refractivity contribution >= 4 is 34.5 Å². The van der Waals surface area contributed by atoms with E-state index in [1.54, 1.807) is 7.11 Å². The van der Waals surface area contributed by atoms with Gasteiger partial charge in [-0.25, -0.2) is 0 Å². The lowest BCUT2D eigenvalue weighted by atomic mass is 10.1. The number of hydrogen-bond acceptors (Lipinski definition) is 6. The molecule has 0 fully saturated rings. The number of aromatic nitrogens is 3. The smallest absolute Gasteiger partial charge is 0.291 e. The third-order valence-corrected chi connectivity index (χ3v) is 6.15. The Balaban J connectivity index is 1.55. The van der Waals surface area contributed by atoms with Crippen molar-refractivity contribution in [1.82, 2.24) is 14.6 Å². The van der Waals surface area contributed by atoms with Crippen molar-refractivity contribution in [3.05, 3.63) is 79.9 Å². The van der Waals surface area contributed by atoms with E-state index in [9.17, 15) is 4.79 Å². The first kappa shape index (κ1) is 22.7. The van der Waals surface area contributed by atoms with Crippen molar-refractivity contribution in [2.75, 3.05) is 13.7 Å². The van der Waals surface area contributed by atoms with E-state index in [-0.39, 0.29) is 5.56 Å². The molecule has 7 heteroatoms. The summed E-state index contributed by atoms with van der Waals surface area (Å²) >= 11 is 1.32. The largest absolute Gasteiger partial charge is 0.493 e. The predicted octanol–water partition coefficient (Wildman–Crippen LogP) is 4.76. The maximum Gasteiger partial charge on any atom is 0.291 e. The Morgan fingerprint density at radius 2 is 1.82 bits per heavy atom. The standard InChI is InChI=1S/C26H27N3O3S/c1-4-5-6-15-32-21-13-11-20(16-22(21)31-3)17-23-25(30)29-26(33-23)27-24(28-29)14-12-19-9-7-18(2)8-10-19/h7-14,16-17H,4-6,15H2,1-3H3/b14-12+,23-17-. The molecule has 170 valence electrons. The van der Waals surface area contributed by atoms with Gasteiger partial charge in [-0.15, -0.1) is 5.10 Å². The summed E-state index contributed by atoms with van der Waals surface area (Å²) in [5, 5.41) is 4.36. The van der Waals surface area contributed by atoms with Crippen LogP contribution < -0.4 is 19.6 Å². The van der Waals surface area contributed by atoms with Crippen LogP contribution in [0.5, 0.6) is 11.5 Å². The lowest BCUT2D eigenvalue weighted by Crippen LogP contribution is -2.23. The third-order valence-electron chi connectivity index (χ3n) is 5.19. The number of unbranched alkanes of at least 4 members (excludes halogenated alkanes) is 2. The molecule has 4 rings (SSSR count). The summed E-state index contributed by atoms with van der Waals surface area (Å²) in [6, 6.07) is 13.8. The zero-order valence-electron chi connectivity index (χ0n) is 19.1. The van der Waals surface area contributed by atoms with E-state index < -0.39 is 0 Å². The second kappa shape index (κ2) is 10.4. The minimum Gasteiger partial charge on any atom is -0.493 e. The molecule has 0 aliphatic rings. The molecule has 0 bridgehead atoms. The van der Waals surface area contributed by atoms with Gasteiger partial charge < -0.3 is 9.47 Å². The van der Waals surface area contributed by atoms with E-state index >= 15 is 0 Å².